The molecule has 1 amide bonds. The zero-order valence-electron chi connectivity index (χ0n) is 10.3. The molecule has 1 saturated heterocycles. The summed E-state index contributed by atoms with van der Waals surface area (Å²) in [5.74, 6) is -0.883. The van der Waals surface area contributed by atoms with Crippen LogP contribution < -0.4 is 4.90 Å². The third-order valence-corrected chi connectivity index (χ3v) is 3.04. The minimum absolute atomic E-state index is 0.0634. The molecule has 18 heavy (non-hydrogen) atoms. The number of carbonyl (C=O) groups excluding carboxylic acids is 2. The van der Waals surface area contributed by atoms with Crippen LogP contribution in [0.5, 0.6) is 0 Å². The molecule has 0 aromatic carbocycles. The predicted molar refractivity (Wildman–Crippen MR) is 62.9 cm³/mol. The van der Waals surface area contributed by atoms with Crippen molar-refractivity contribution in [1.82, 2.24) is 4.98 Å². The molecule has 0 bridgehead atoms. The van der Waals surface area contributed by atoms with Crippen LogP contribution in [0, 0.1) is 5.41 Å². The van der Waals surface area contributed by atoms with Crippen LogP contribution >= 0.6 is 0 Å². The molecule has 1 fully saturated rings. The smallest absolute Gasteiger partial charge is 0.326 e. The second-order valence-corrected chi connectivity index (χ2v) is 4.14. The first-order chi connectivity index (χ1) is 8.62. The molecule has 0 radical (unpaired) electrons. The molecule has 96 valence electrons. The van der Waals surface area contributed by atoms with E-state index >= 15 is 0 Å². The molecule has 6 heteroatoms. The van der Waals surface area contributed by atoms with Crippen LogP contribution in [0.4, 0.5) is 5.69 Å². The molecule has 2 heterocycles. The minimum Gasteiger partial charge on any atom is -0.468 e. The zero-order valence-corrected chi connectivity index (χ0v) is 10.3. The molecule has 1 aromatic heterocycles. The molecule has 0 N–H and O–H groups in total. The highest BCUT2D eigenvalue weighted by Gasteiger charge is 2.55. The summed E-state index contributed by atoms with van der Waals surface area (Å²) in [5.41, 5.74) is -0.530. The molecule has 1 aliphatic rings. The van der Waals surface area contributed by atoms with Crippen molar-refractivity contribution >= 4 is 17.6 Å². The number of nitrogens with zero attached hydrogens (tertiary/aromatic N) is 2. The number of aromatic nitrogens is 1. The van der Waals surface area contributed by atoms with Gasteiger partial charge >= 0.3 is 5.97 Å². The summed E-state index contributed by atoms with van der Waals surface area (Å²) in [6, 6.07) is 3.39. The van der Waals surface area contributed by atoms with E-state index in [9.17, 15) is 9.59 Å². The number of methoxy groups -OCH3 is 1. The lowest BCUT2D eigenvalue weighted by Gasteiger charge is -2.39. The summed E-state index contributed by atoms with van der Waals surface area (Å²) in [4.78, 5) is 29.4. The highest BCUT2D eigenvalue weighted by molar-refractivity contribution is 6.10. The Bertz CT molecular complexity index is 456. The highest BCUT2D eigenvalue weighted by Crippen LogP contribution is 2.32. The minimum atomic E-state index is -1.20. The summed E-state index contributed by atoms with van der Waals surface area (Å²) in [6.45, 7) is 0.127. The van der Waals surface area contributed by atoms with Crippen LogP contribution in [0.25, 0.3) is 0 Å². The van der Waals surface area contributed by atoms with Gasteiger partial charge in [-0.15, -0.1) is 0 Å². The molecule has 2 rings (SSSR count). The Morgan fingerprint density at radius 2 is 2.00 bits per heavy atom. The monoisotopic (exact) mass is 250 g/mol. The highest BCUT2D eigenvalue weighted by atomic mass is 16.5. The van der Waals surface area contributed by atoms with Gasteiger partial charge in [-0.3, -0.25) is 14.6 Å². The van der Waals surface area contributed by atoms with Crippen molar-refractivity contribution in [3.8, 4) is 0 Å². The summed E-state index contributed by atoms with van der Waals surface area (Å²) in [6.07, 6.45) is 3.17. The van der Waals surface area contributed by atoms with Gasteiger partial charge in [-0.1, -0.05) is 0 Å². The largest absolute Gasteiger partial charge is 0.468 e. The van der Waals surface area contributed by atoms with Crippen LogP contribution in [0.15, 0.2) is 24.5 Å². The number of hydrogen-bond donors (Lipinski definition) is 0. The molecular weight excluding hydrogens is 236 g/mol. The van der Waals surface area contributed by atoms with E-state index in [1.54, 1.807) is 31.6 Å². The van der Waals surface area contributed by atoms with Crippen molar-refractivity contribution in [2.24, 2.45) is 5.41 Å². The average molecular weight is 250 g/mol. The lowest BCUT2D eigenvalue weighted by Crippen LogP contribution is -2.59. The maximum absolute atomic E-state index is 12.4. The van der Waals surface area contributed by atoms with Gasteiger partial charge in [0, 0.05) is 25.1 Å². The lowest BCUT2D eigenvalue weighted by molar-refractivity contribution is -0.186. The third-order valence-electron chi connectivity index (χ3n) is 3.04. The normalized spacial score (nSPS) is 16.6. The van der Waals surface area contributed by atoms with Crippen molar-refractivity contribution in [2.45, 2.75) is 0 Å². The number of hydrogen-bond acceptors (Lipinski definition) is 5. The number of rotatable bonds is 3. The Labute approximate surface area is 105 Å². The van der Waals surface area contributed by atoms with Crippen LogP contribution in [0.3, 0.4) is 0 Å². The summed E-state index contributed by atoms with van der Waals surface area (Å²) in [5, 5.41) is 0. The van der Waals surface area contributed by atoms with Crippen LogP contribution in [-0.2, 0) is 19.1 Å². The number of pyridine rings is 1. The molecule has 0 spiro atoms. The fourth-order valence-corrected chi connectivity index (χ4v) is 1.84. The van der Waals surface area contributed by atoms with Gasteiger partial charge in [0.15, 0.2) is 5.41 Å². The SMILES string of the molecule is COC(=O)C1(C(=O)N(C)c2ccncc2)COC1. The van der Waals surface area contributed by atoms with Gasteiger partial charge in [0.25, 0.3) is 0 Å². The Morgan fingerprint density at radius 3 is 2.44 bits per heavy atom. The molecule has 1 aromatic rings. The standard InChI is InChI=1S/C12H14N2O4/c1-14(9-3-5-13-6-4-9)10(15)12(7-18-8-12)11(16)17-2/h3-6H,7-8H2,1-2H3. The van der Waals surface area contributed by atoms with E-state index in [2.05, 4.69) is 9.72 Å². The van der Waals surface area contributed by atoms with Gasteiger partial charge in [-0.05, 0) is 12.1 Å². The van der Waals surface area contributed by atoms with Gasteiger partial charge in [0.05, 0.1) is 20.3 Å². The van der Waals surface area contributed by atoms with Gasteiger partial charge in [-0.2, -0.15) is 0 Å². The second-order valence-electron chi connectivity index (χ2n) is 4.14. The van der Waals surface area contributed by atoms with Crippen LogP contribution in [0.2, 0.25) is 0 Å². The average Bonchev–Trinajstić information content (AvgIpc) is 2.37. The van der Waals surface area contributed by atoms with E-state index in [4.69, 9.17) is 4.74 Å². The van der Waals surface area contributed by atoms with E-state index in [0.717, 1.165) is 0 Å². The van der Waals surface area contributed by atoms with Gasteiger partial charge in [0.2, 0.25) is 5.91 Å². The molecule has 6 nitrogen and oxygen atoms in total. The van der Waals surface area contributed by atoms with Crippen molar-refractivity contribution in [2.75, 3.05) is 32.3 Å². The van der Waals surface area contributed by atoms with Gasteiger partial charge < -0.3 is 14.4 Å². The summed E-state index contributed by atoms with van der Waals surface area (Å²) >= 11 is 0. The molecule has 0 atom stereocenters. The number of esters is 1. The van der Waals surface area contributed by atoms with Crippen molar-refractivity contribution < 1.29 is 19.1 Å². The fourth-order valence-electron chi connectivity index (χ4n) is 1.84. The lowest BCUT2D eigenvalue weighted by atomic mass is 9.84. The number of anilines is 1. The first-order valence-corrected chi connectivity index (χ1v) is 5.46. The third kappa shape index (κ3) is 1.84. The first kappa shape index (κ1) is 12.5. The molecular formula is C12H14N2O4. The van der Waals surface area contributed by atoms with Crippen LogP contribution in [-0.4, -0.2) is 44.2 Å². The molecule has 0 aliphatic carbocycles. The van der Waals surface area contributed by atoms with Gasteiger partial charge in [-0.25, -0.2) is 0 Å². The second kappa shape index (κ2) is 4.73. The Kier molecular flexibility index (Phi) is 3.29. The van der Waals surface area contributed by atoms with E-state index in [-0.39, 0.29) is 19.1 Å². The van der Waals surface area contributed by atoms with E-state index < -0.39 is 11.4 Å². The maximum atomic E-state index is 12.4. The van der Waals surface area contributed by atoms with Crippen LogP contribution in [0.1, 0.15) is 0 Å². The van der Waals surface area contributed by atoms with E-state index in [1.807, 2.05) is 0 Å². The summed E-state index contributed by atoms with van der Waals surface area (Å²) in [7, 11) is 2.88. The quantitative estimate of drug-likeness (QED) is 0.567. The molecule has 0 saturated carbocycles. The van der Waals surface area contributed by atoms with Crippen molar-refractivity contribution in [3.05, 3.63) is 24.5 Å². The van der Waals surface area contributed by atoms with E-state index in [0.29, 0.717) is 5.69 Å². The molecule has 0 unspecified atom stereocenters. The number of carbonyl (C=O) groups is 2. The topological polar surface area (TPSA) is 68.7 Å². The Morgan fingerprint density at radius 1 is 1.39 bits per heavy atom. The molecule has 1 aliphatic heterocycles. The van der Waals surface area contributed by atoms with Gasteiger partial charge in [0.1, 0.15) is 0 Å². The van der Waals surface area contributed by atoms with Crippen molar-refractivity contribution in [3.63, 3.8) is 0 Å². The Balaban J connectivity index is 2.23. The van der Waals surface area contributed by atoms with E-state index in [1.165, 1.54) is 12.0 Å². The predicted octanol–water partition coefficient (Wildman–Crippen LogP) is 0.234. The maximum Gasteiger partial charge on any atom is 0.326 e. The summed E-state index contributed by atoms with van der Waals surface area (Å²) < 4.78 is 9.69. The fraction of sp³-hybridized carbons (Fsp3) is 0.417. The number of amides is 1. The first-order valence-electron chi connectivity index (χ1n) is 5.46. The number of ether oxygens (including phenoxy) is 2. The zero-order chi connectivity index (χ0) is 13.2. The Hall–Kier alpha value is -1.95. The van der Waals surface area contributed by atoms with Crippen molar-refractivity contribution in [1.29, 1.82) is 0 Å².